The summed E-state index contributed by atoms with van der Waals surface area (Å²) in [6.45, 7) is 0. The number of urea groups is 1. The predicted molar refractivity (Wildman–Crippen MR) is 62.4 cm³/mol. The summed E-state index contributed by atoms with van der Waals surface area (Å²) in [4.78, 5) is 11.2. The first-order chi connectivity index (χ1) is 6.91. The van der Waals surface area contributed by atoms with E-state index in [0.29, 0.717) is 5.69 Å². The van der Waals surface area contributed by atoms with Crippen LogP contribution in [-0.2, 0) is 0 Å². The van der Waals surface area contributed by atoms with Crippen LogP contribution in [0, 0.1) is 0 Å². The van der Waals surface area contributed by atoms with Crippen molar-refractivity contribution in [1.29, 1.82) is 0 Å². The Kier molecular flexibility index (Phi) is 4.04. The monoisotopic (exact) mass is 267 g/mol. The first-order valence-electron chi connectivity index (χ1n) is 3.85. The molecule has 0 spiro atoms. The number of nitrogens with one attached hydrogen (secondary N) is 1. The Morgan fingerprint density at radius 3 is 2.20 bits per heavy atom. The number of anilines is 1. The van der Waals surface area contributed by atoms with E-state index in [2.05, 4.69) is 5.32 Å². The zero-order valence-corrected chi connectivity index (χ0v) is 9.99. The second kappa shape index (κ2) is 4.90. The van der Waals surface area contributed by atoms with Crippen LogP contribution >= 0.6 is 34.8 Å². The molecule has 2 amide bonds. The van der Waals surface area contributed by atoms with Crippen LogP contribution in [0.1, 0.15) is 0 Å². The van der Waals surface area contributed by atoms with Crippen molar-refractivity contribution >= 4 is 46.5 Å². The summed E-state index contributed by atoms with van der Waals surface area (Å²) in [5.41, 5.74) is 0.428. The third-order valence-corrected chi connectivity index (χ3v) is 2.75. The van der Waals surface area contributed by atoms with Gasteiger partial charge in [0.1, 0.15) is 0 Å². The van der Waals surface area contributed by atoms with Crippen LogP contribution < -0.4 is 11.2 Å². The Balaban J connectivity index is 2.93. The van der Waals surface area contributed by atoms with Crippen molar-refractivity contribution in [1.82, 2.24) is 5.01 Å². The van der Waals surface area contributed by atoms with Crippen molar-refractivity contribution < 1.29 is 4.79 Å². The summed E-state index contributed by atoms with van der Waals surface area (Å²) < 4.78 is 0. The maximum atomic E-state index is 11.2. The summed E-state index contributed by atoms with van der Waals surface area (Å²) in [5, 5.41) is 4.16. The van der Waals surface area contributed by atoms with Gasteiger partial charge in [-0.2, -0.15) is 0 Å². The highest BCUT2D eigenvalue weighted by Gasteiger charge is 2.09. The third kappa shape index (κ3) is 3.14. The summed E-state index contributed by atoms with van der Waals surface area (Å²) in [7, 11) is 1.41. The minimum Gasteiger partial charge on any atom is -0.307 e. The molecule has 4 nitrogen and oxygen atoms in total. The van der Waals surface area contributed by atoms with Gasteiger partial charge in [-0.3, -0.25) is 5.01 Å². The molecule has 0 aliphatic rings. The molecule has 0 radical (unpaired) electrons. The summed E-state index contributed by atoms with van der Waals surface area (Å²) in [5.74, 6) is 5.22. The molecule has 0 aliphatic carbocycles. The third-order valence-electron chi connectivity index (χ3n) is 1.56. The molecule has 1 aromatic carbocycles. The molecule has 7 heteroatoms. The summed E-state index contributed by atoms with van der Waals surface area (Å²) in [6.07, 6.45) is 0. The molecule has 0 heterocycles. The van der Waals surface area contributed by atoms with E-state index in [1.165, 1.54) is 19.2 Å². The fourth-order valence-electron chi connectivity index (χ4n) is 0.839. The number of rotatable bonds is 1. The highest BCUT2D eigenvalue weighted by Crippen LogP contribution is 2.33. The van der Waals surface area contributed by atoms with Gasteiger partial charge in [0.25, 0.3) is 0 Å². The van der Waals surface area contributed by atoms with Gasteiger partial charge in [-0.25, -0.2) is 10.6 Å². The molecule has 82 valence electrons. The van der Waals surface area contributed by atoms with Crippen molar-refractivity contribution in [2.45, 2.75) is 0 Å². The average Bonchev–Trinajstić information content (AvgIpc) is 2.13. The van der Waals surface area contributed by atoms with Gasteiger partial charge >= 0.3 is 6.03 Å². The van der Waals surface area contributed by atoms with Gasteiger partial charge in [0.15, 0.2) is 0 Å². The molecule has 0 unspecified atom stereocenters. The molecule has 1 rings (SSSR count). The van der Waals surface area contributed by atoms with E-state index in [1.54, 1.807) is 0 Å². The van der Waals surface area contributed by atoms with Gasteiger partial charge in [-0.15, -0.1) is 0 Å². The van der Waals surface area contributed by atoms with Crippen LogP contribution in [0.15, 0.2) is 12.1 Å². The standard InChI is InChI=1S/C8H8Cl3N3O/c1-14(12)8(15)13-4-2-5(9)7(11)6(10)3-4/h2-3H,12H2,1H3,(H,13,15). The maximum Gasteiger partial charge on any atom is 0.335 e. The van der Waals surface area contributed by atoms with Crippen molar-refractivity contribution in [3.05, 3.63) is 27.2 Å². The molecule has 1 aromatic rings. The number of nitrogens with zero attached hydrogens (tertiary/aromatic N) is 1. The lowest BCUT2D eigenvalue weighted by Crippen LogP contribution is -2.36. The molecule has 0 aliphatic heterocycles. The molecule has 0 atom stereocenters. The first-order valence-corrected chi connectivity index (χ1v) is 4.99. The lowest BCUT2D eigenvalue weighted by Gasteiger charge is -2.12. The Labute approximate surface area is 102 Å². The highest BCUT2D eigenvalue weighted by molar-refractivity contribution is 6.48. The van der Waals surface area contributed by atoms with Crippen molar-refractivity contribution in [2.75, 3.05) is 12.4 Å². The SMILES string of the molecule is CN(N)C(=O)Nc1cc(Cl)c(Cl)c(Cl)c1. The highest BCUT2D eigenvalue weighted by atomic mass is 35.5. The van der Waals surface area contributed by atoms with Crippen LogP contribution in [0.2, 0.25) is 15.1 Å². The predicted octanol–water partition coefficient (Wildman–Crippen LogP) is 2.98. The number of hydrogen-bond acceptors (Lipinski definition) is 2. The number of carbonyl (C=O) groups excluding carboxylic acids is 1. The molecule has 0 saturated carbocycles. The number of carbonyl (C=O) groups is 1. The van der Waals surface area contributed by atoms with Gasteiger partial charge in [0.05, 0.1) is 15.1 Å². The van der Waals surface area contributed by atoms with E-state index in [-0.39, 0.29) is 15.1 Å². The Morgan fingerprint density at radius 1 is 1.33 bits per heavy atom. The fourth-order valence-corrected chi connectivity index (χ4v) is 1.44. The van der Waals surface area contributed by atoms with Gasteiger partial charge in [-0.05, 0) is 12.1 Å². The first kappa shape index (κ1) is 12.4. The van der Waals surface area contributed by atoms with E-state index in [4.69, 9.17) is 40.6 Å². The van der Waals surface area contributed by atoms with E-state index in [1.807, 2.05) is 0 Å². The minimum atomic E-state index is -0.482. The molecule has 3 N–H and O–H groups in total. The van der Waals surface area contributed by atoms with Gasteiger partial charge < -0.3 is 5.32 Å². The minimum absolute atomic E-state index is 0.248. The van der Waals surface area contributed by atoms with Gasteiger partial charge in [-0.1, -0.05) is 34.8 Å². The number of amides is 2. The van der Waals surface area contributed by atoms with Gasteiger partial charge in [0, 0.05) is 12.7 Å². The largest absolute Gasteiger partial charge is 0.335 e. The van der Waals surface area contributed by atoms with Crippen LogP contribution in [0.25, 0.3) is 0 Å². The smallest absolute Gasteiger partial charge is 0.307 e. The Hall–Kier alpha value is -0.680. The summed E-state index contributed by atoms with van der Waals surface area (Å²) >= 11 is 17.3. The zero-order valence-electron chi connectivity index (χ0n) is 7.72. The van der Waals surface area contributed by atoms with Gasteiger partial charge in [0.2, 0.25) is 0 Å². The quantitative estimate of drug-likeness (QED) is 0.356. The molecule has 0 bridgehead atoms. The van der Waals surface area contributed by atoms with Crippen LogP contribution in [0.4, 0.5) is 10.5 Å². The second-order valence-electron chi connectivity index (χ2n) is 2.79. The van der Waals surface area contributed by atoms with E-state index < -0.39 is 6.03 Å². The zero-order chi connectivity index (χ0) is 11.6. The number of hydrogen-bond donors (Lipinski definition) is 2. The number of nitrogens with two attached hydrogens (primary N) is 1. The summed E-state index contributed by atoms with van der Waals surface area (Å²) in [6, 6.07) is 2.48. The molecule has 0 saturated heterocycles. The van der Waals surface area contributed by atoms with Crippen LogP contribution in [-0.4, -0.2) is 18.1 Å². The van der Waals surface area contributed by atoms with E-state index >= 15 is 0 Å². The molecular weight excluding hydrogens is 260 g/mol. The number of halogens is 3. The normalized spacial score (nSPS) is 9.93. The number of hydrazine groups is 1. The average molecular weight is 269 g/mol. The fraction of sp³-hybridized carbons (Fsp3) is 0.125. The van der Waals surface area contributed by atoms with E-state index in [9.17, 15) is 4.79 Å². The van der Waals surface area contributed by atoms with Crippen LogP contribution in [0.3, 0.4) is 0 Å². The number of benzene rings is 1. The van der Waals surface area contributed by atoms with Crippen molar-refractivity contribution in [2.24, 2.45) is 5.84 Å². The Bertz CT molecular complexity index is 372. The lowest BCUT2D eigenvalue weighted by molar-refractivity contribution is 0.223. The molecule has 15 heavy (non-hydrogen) atoms. The molecule has 0 aromatic heterocycles. The molecule has 0 fully saturated rings. The maximum absolute atomic E-state index is 11.2. The van der Waals surface area contributed by atoms with Crippen LogP contribution in [0.5, 0.6) is 0 Å². The second-order valence-corrected chi connectivity index (χ2v) is 3.99. The topological polar surface area (TPSA) is 58.4 Å². The van der Waals surface area contributed by atoms with Crippen molar-refractivity contribution in [3.63, 3.8) is 0 Å². The van der Waals surface area contributed by atoms with Crippen molar-refractivity contribution in [3.8, 4) is 0 Å². The Morgan fingerprint density at radius 2 is 1.80 bits per heavy atom. The van der Waals surface area contributed by atoms with E-state index in [0.717, 1.165) is 5.01 Å². The lowest BCUT2D eigenvalue weighted by atomic mass is 10.3. The molecular formula is C8H8Cl3N3O.